The Morgan fingerprint density at radius 2 is 1.90 bits per heavy atom. The van der Waals surface area contributed by atoms with Gasteiger partial charge in [-0.1, -0.05) is 0 Å². The largest absolute Gasteiger partial charge is 0.377 e. The Kier molecular flexibility index (Phi) is 4.09. The highest BCUT2D eigenvalue weighted by molar-refractivity contribution is 7.10. The van der Waals surface area contributed by atoms with E-state index in [0.717, 1.165) is 11.3 Å². The summed E-state index contributed by atoms with van der Waals surface area (Å²) in [6.45, 7) is 7.86. The smallest absolute Gasteiger partial charge is 0.272 e. The van der Waals surface area contributed by atoms with Crippen LogP contribution in [0.25, 0.3) is 0 Å². The second-order valence-corrected chi connectivity index (χ2v) is 5.99. The third-order valence-corrected chi connectivity index (χ3v) is 4.61. The molecule has 1 N–H and O–H groups in total. The summed E-state index contributed by atoms with van der Waals surface area (Å²) in [5.41, 5.74) is 3.97. The number of hydrogen-bond acceptors (Lipinski definition) is 4. The molecular formula is C15H18N2O2S. The molecule has 106 valence electrons. The molecule has 4 nitrogen and oxygen atoms in total. The fourth-order valence-corrected chi connectivity index (χ4v) is 3.22. The molecule has 0 saturated carbocycles. The number of nitro groups is 1. The highest BCUT2D eigenvalue weighted by Crippen LogP contribution is 2.31. The topological polar surface area (TPSA) is 55.2 Å². The summed E-state index contributed by atoms with van der Waals surface area (Å²) >= 11 is 1.72. The van der Waals surface area contributed by atoms with E-state index in [-0.39, 0.29) is 16.7 Å². The van der Waals surface area contributed by atoms with Gasteiger partial charge < -0.3 is 5.32 Å². The molecule has 0 amide bonds. The quantitative estimate of drug-likeness (QED) is 0.652. The zero-order chi connectivity index (χ0) is 14.9. The fraction of sp³-hybridized carbons (Fsp3) is 0.333. The monoisotopic (exact) mass is 290 g/mol. The summed E-state index contributed by atoms with van der Waals surface area (Å²) in [6.07, 6.45) is 0. The minimum absolute atomic E-state index is 0.174. The number of thiophene rings is 1. The first kappa shape index (κ1) is 14.5. The third kappa shape index (κ3) is 2.82. The summed E-state index contributed by atoms with van der Waals surface area (Å²) in [5, 5.41) is 16.5. The van der Waals surface area contributed by atoms with Crippen LogP contribution in [0.3, 0.4) is 0 Å². The van der Waals surface area contributed by atoms with E-state index in [9.17, 15) is 10.1 Å². The van der Waals surface area contributed by atoms with Crippen molar-refractivity contribution in [1.29, 1.82) is 0 Å². The Labute approximate surface area is 122 Å². The van der Waals surface area contributed by atoms with Gasteiger partial charge in [-0.2, -0.15) is 0 Å². The zero-order valence-corrected chi connectivity index (χ0v) is 12.9. The van der Waals surface area contributed by atoms with Crippen molar-refractivity contribution in [2.45, 2.75) is 33.7 Å². The van der Waals surface area contributed by atoms with Crippen LogP contribution in [-0.2, 0) is 0 Å². The normalized spacial score (nSPS) is 12.2. The SMILES string of the molecule is Cc1cc([N+](=O)[O-])c(C)cc1NC(C)c1sccc1C. The second kappa shape index (κ2) is 5.63. The molecular weight excluding hydrogens is 272 g/mol. The first-order valence-corrected chi connectivity index (χ1v) is 7.34. The van der Waals surface area contributed by atoms with Crippen molar-refractivity contribution in [2.75, 3.05) is 5.32 Å². The minimum atomic E-state index is -0.334. The Balaban J connectivity index is 2.28. The molecule has 1 unspecified atom stereocenters. The van der Waals surface area contributed by atoms with Crippen molar-refractivity contribution in [3.8, 4) is 0 Å². The van der Waals surface area contributed by atoms with Crippen molar-refractivity contribution in [3.05, 3.63) is 55.3 Å². The van der Waals surface area contributed by atoms with Crippen LogP contribution in [-0.4, -0.2) is 4.92 Å². The van der Waals surface area contributed by atoms with Crippen molar-refractivity contribution in [2.24, 2.45) is 0 Å². The molecule has 0 fully saturated rings. The molecule has 0 bridgehead atoms. The van der Waals surface area contributed by atoms with Crippen LogP contribution in [0, 0.1) is 30.9 Å². The van der Waals surface area contributed by atoms with Gasteiger partial charge in [0.2, 0.25) is 0 Å². The summed E-state index contributed by atoms with van der Waals surface area (Å²) in [7, 11) is 0. The van der Waals surface area contributed by atoms with Crippen LogP contribution >= 0.6 is 11.3 Å². The van der Waals surface area contributed by atoms with E-state index in [1.807, 2.05) is 13.0 Å². The van der Waals surface area contributed by atoms with E-state index in [1.54, 1.807) is 24.3 Å². The molecule has 0 radical (unpaired) electrons. The molecule has 1 aromatic carbocycles. The van der Waals surface area contributed by atoms with Gasteiger partial charge in [-0.25, -0.2) is 0 Å². The molecule has 0 spiro atoms. The molecule has 20 heavy (non-hydrogen) atoms. The lowest BCUT2D eigenvalue weighted by Gasteiger charge is -2.17. The van der Waals surface area contributed by atoms with E-state index >= 15 is 0 Å². The van der Waals surface area contributed by atoms with E-state index in [1.165, 1.54) is 10.4 Å². The summed E-state index contributed by atoms with van der Waals surface area (Å²) in [5.74, 6) is 0. The Morgan fingerprint density at radius 3 is 2.45 bits per heavy atom. The molecule has 5 heteroatoms. The maximum absolute atomic E-state index is 10.9. The number of rotatable bonds is 4. The zero-order valence-electron chi connectivity index (χ0n) is 12.1. The first-order valence-electron chi connectivity index (χ1n) is 6.46. The van der Waals surface area contributed by atoms with Gasteiger partial charge in [0.05, 0.1) is 11.0 Å². The molecule has 0 aliphatic heterocycles. The van der Waals surface area contributed by atoms with E-state index in [4.69, 9.17) is 0 Å². The molecule has 1 atom stereocenters. The number of benzene rings is 1. The molecule has 0 aliphatic rings. The van der Waals surface area contributed by atoms with Gasteiger partial charge in [-0.05, 0) is 56.3 Å². The average Bonchev–Trinajstić information content (AvgIpc) is 2.79. The van der Waals surface area contributed by atoms with Gasteiger partial charge in [0.1, 0.15) is 0 Å². The Bertz CT molecular complexity index is 649. The predicted octanol–water partition coefficient (Wildman–Crippen LogP) is 4.75. The summed E-state index contributed by atoms with van der Waals surface area (Å²) in [6, 6.07) is 5.78. The van der Waals surface area contributed by atoms with E-state index < -0.39 is 0 Å². The van der Waals surface area contributed by atoms with E-state index in [0.29, 0.717) is 5.56 Å². The van der Waals surface area contributed by atoms with Crippen LogP contribution in [0.5, 0.6) is 0 Å². The highest BCUT2D eigenvalue weighted by atomic mass is 32.1. The molecule has 1 heterocycles. The lowest BCUT2D eigenvalue weighted by molar-refractivity contribution is -0.385. The number of nitro benzene ring substituents is 1. The second-order valence-electron chi connectivity index (χ2n) is 5.04. The van der Waals surface area contributed by atoms with Gasteiger partial charge in [0.25, 0.3) is 5.69 Å². The highest BCUT2D eigenvalue weighted by Gasteiger charge is 2.16. The summed E-state index contributed by atoms with van der Waals surface area (Å²) in [4.78, 5) is 11.9. The lowest BCUT2D eigenvalue weighted by atomic mass is 10.1. The van der Waals surface area contributed by atoms with Gasteiger partial charge in [-0.3, -0.25) is 10.1 Å². The lowest BCUT2D eigenvalue weighted by Crippen LogP contribution is -2.08. The fourth-order valence-electron chi connectivity index (χ4n) is 2.28. The molecule has 2 rings (SSSR count). The molecule has 2 aromatic rings. The number of anilines is 1. The number of nitrogens with zero attached hydrogens (tertiary/aromatic N) is 1. The van der Waals surface area contributed by atoms with Gasteiger partial charge >= 0.3 is 0 Å². The predicted molar refractivity (Wildman–Crippen MR) is 83.7 cm³/mol. The maximum atomic E-state index is 10.9. The van der Waals surface area contributed by atoms with Crippen LogP contribution in [0.2, 0.25) is 0 Å². The van der Waals surface area contributed by atoms with Gasteiger partial charge in [0.15, 0.2) is 0 Å². The van der Waals surface area contributed by atoms with Crippen LogP contribution in [0.1, 0.15) is 34.5 Å². The number of hydrogen-bond donors (Lipinski definition) is 1. The number of aryl methyl sites for hydroxylation is 3. The standard InChI is InChI=1S/C15H18N2O2S/c1-9-5-6-20-15(9)12(4)16-13-7-11(3)14(17(18)19)8-10(13)2/h5-8,12,16H,1-4H3. The third-order valence-electron chi connectivity index (χ3n) is 3.41. The van der Waals surface area contributed by atoms with Crippen LogP contribution < -0.4 is 5.32 Å². The maximum Gasteiger partial charge on any atom is 0.272 e. The van der Waals surface area contributed by atoms with E-state index in [2.05, 4.69) is 30.6 Å². The van der Waals surface area contributed by atoms with Crippen LogP contribution in [0.15, 0.2) is 23.6 Å². The average molecular weight is 290 g/mol. The van der Waals surface area contributed by atoms with Gasteiger partial charge in [-0.15, -0.1) is 11.3 Å². The minimum Gasteiger partial charge on any atom is -0.377 e. The first-order chi connectivity index (χ1) is 9.40. The van der Waals surface area contributed by atoms with Crippen molar-refractivity contribution < 1.29 is 4.92 Å². The van der Waals surface area contributed by atoms with Crippen molar-refractivity contribution in [1.82, 2.24) is 0 Å². The van der Waals surface area contributed by atoms with Crippen molar-refractivity contribution in [3.63, 3.8) is 0 Å². The molecule has 0 aliphatic carbocycles. The molecule has 1 aromatic heterocycles. The number of nitrogens with one attached hydrogen (secondary N) is 1. The Morgan fingerprint density at radius 1 is 1.20 bits per heavy atom. The van der Waals surface area contributed by atoms with Crippen molar-refractivity contribution >= 4 is 22.7 Å². The Hall–Kier alpha value is -1.88. The van der Waals surface area contributed by atoms with Gasteiger partial charge in [0, 0.05) is 22.2 Å². The van der Waals surface area contributed by atoms with Crippen LogP contribution in [0.4, 0.5) is 11.4 Å². The molecule has 0 saturated heterocycles. The summed E-state index contributed by atoms with van der Waals surface area (Å²) < 4.78 is 0.